The van der Waals surface area contributed by atoms with Crippen molar-refractivity contribution >= 4 is 38.1 Å². The van der Waals surface area contributed by atoms with Crippen molar-refractivity contribution < 1.29 is 20.5 Å². The van der Waals surface area contributed by atoms with Gasteiger partial charge in [-0.1, -0.05) is 12.1 Å². The van der Waals surface area contributed by atoms with Crippen LogP contribution in [0.4, 0.5) is 15.2 Å². The van der Waals surface area contributed by atoms with E-state index >= 15 is 0 Å². The third kappa shape index (κ3) is 6.33. The molecule has 1 saturated heterocycles. The summed E-state index contributed by atoms with van der Waals surface area (Å²) in [6.07, 6.45) is 3.67. The van der Waals surface area contributed by atoms with Crippen LogP contribution in [0.2, 0.25) is 0 Å². The summed E-state index contributed by atoms with van der Waals surface area (Å²) in [5, 5.41) is 2.02. The maximum atomic E-state index is 12.4. The minimum absolute atomic E-state index is 0. The molecular formula is C21H27FN4O3S2. The summed E-state index contributed by atoms with van der Waals surface area (Å²) in [5.74, 6) is -0.113. The molecule has 2 aromatic carbocycles. The van der Waals surface area contributed by atoms with Crippen molar-refractivity contribution in [2.45, 2.75) is 24.2 Å². The molecule has 0 atom stereocenters. The first-order valence-electron chi connectivity index (χ1n) is 9.66. The van der Waals surface area contributed by atoms with E-state index in [2.05, 4.69) is 9.71 Å². The lowest BCUT2D eigenvalue weighted by Crippen LogP contribution is -2.23. The number of nitrogens with zero attached hydrogens (tertiary/aromatic N) is 2. The number of amides is 1. The van der Waals surface area contributed by atoms with Crippen molar-refractivity contribution in [2.75, 3.05) is 22.7 Å². The molecule has 1 aliphatic rings. The predicted molar refractivity (Wildman–Crippen MR) is 124 cm³/mol. The Bertz CT molecular complexity index is 1110. The van der Waals surface area contributed by atoms with Gasteiger partial charge in [0.05, 0.1) is 4.90 Å². The zero-order valence-corrected chi connectivity index (χ0v) is 18.3. The molecule has 10 heteroatoms. The van der Waals surface area contributed by atoms with Crippen LogP contribution in [0.25, 0.3) is 0 Å². The first-order valence-corrected chi connectivity index (χ1v) is 12.0. The van der Waals surface area contributed by atoms with Crippen molar-refractivity contribution in [1.29, 1.82) is 0 Å². The third-order valence-corrected chi connectivity index (χ3v) is 6.68. The molecule has 1 amide bonds. The van der Waals surface area contributed by atoms with Crippen molar-refractivity contribution in [3.63, 3.8) is 0 Å². The molecule has 7 nitrogen and oxygen atoms in total. The molecule has 3 aromatic rings. The minimum Gasteiger partial charge on any atom is -0.330 e. The summed E-state index contributed by atoms with van der Waals surface area (Å²) in [6.45, 7) is 1.26. The number of rotatable bonds is 6. The van der Waals surface area contributed by atoms with Gasteiger partial charge in [-0.05, 0) is 61.3 Å². The Balaban J connectivity index is 0.000000388. The fourth-order valence-electron chi connectivity index (χ4n) is 3.03. The smallest absolute Gasteiger partial charge is 0.263 e. The lowest BCUT2D eigenvalue weighted by atomic mass is 10.1. The molecule has 2 heterocycles. The first-order chi connectivity index (χ1) is 14.9. The summed E-state index contributed by atoms with van der Waals surface area (Å²) in [5.41, 5.74) is 6.98. The normalized spacial score (nSPS) is 13.6. The molecule has 0 spiro atoms. The van der Waals surface area contributed by atoms with Gasteiger partial charge in [-0.3, -0.25) is 9.52 Å². The quantitative estimate of drug-likeness (QED) is 0.573. The van der Waals surface area contributed by atoms with Crippen LogP contribution in [-0.4, -0.2) is 32.4 Å². The Labute approximate surface area is 187 Å². The SMILES string of the molecule is NCCc1cccc(F)c1.O=C1CCCN1c1ccc(S(=O)(=O)Nc2nccs2)cc1.[HH].[HH]. The van der Waals surface area contributed by atoms with Crippen LogP contribution in [0.15, 0.2) is 65.0 Å². The average molecular weight is 467 g/mol. The van der Waals surface area contributed by atoms with Crippen LogP contribution < -0.4 is 15.4 Å². The maximum absolute atomic E-state index is 12.4. The molecule has 3 N–H and O–H groups in total. The Hall–Kier alpha value is -2.82. The number of benzene rings is 2. The molecule has 1 fully saturated rings. The second-order valence-corrected chi connectivity index (χ2v) is 9.33. The molecule has 0 unspecified atom stereocenters. The van der Waals surface area contributed by atoms with E-state index in [1.54, 1.807) is 28.5 Å². The number of sulfonamides is 1. The van der Waals surface area contributed by atoms with Gasteiger partial charge in [-0.15, -0.1) is 11.3 Å². The van der Waals surface area contributed by atoms with Gasteiger partial charge in [0.25, 0.3) is 10.0 Å². The number of nitrogens with one attached hydrogen (secondary N) is 1. The van der Waals surface area contributed by atoms with E-state index in [-0.39, 0.29) is 19.5 Å². The molecule has 168 valence electrons. The number of nitrogens with two attached hydrogens (primary N) is 1. The lowest BCUT2D eigenvalue weighted by molar-refractivity contribution is -0.117. The van der Waals surface area contributed by atoms with Gasteiger partial charge in [-0.2, -0.15) is 0 Å². The number of anilines is 2. The second-order valence-electron chi connectivity index (χ2n) is 6.75. The number of halogens is 1. The summed E-state index contributed by atoms with van der Waals surface area (Å²) < 4.78 is 39.2. The van der Waals surface area contributed by atoms with E-state index in [1.165, 1.54) is 41.8 Å². The monoisotopic (exact) mass is 466 g/mol. The van der Waals surface area contributed by atoms with E-state index in [0.717, 1.165) is 24.1 Å². The van der Waals surface area contributed by atoms with Gasteiger partial charge in [0.1, 0.15) is 5.82 Å². The molecule has 0 aliphatic carbocycles. The summed E-state index contributed by atoms with van der Waals surface area (Å²) in [4.78, 5) is 17.4. The van der Waals surface area contributed by atoms with Gasteiger partial charge in [0, 0.05) is 33.1 Å². The number of carbonyl (C=O) groups is 1. The number of aromatic nitrogens is 1. The topological polar surface area (TPSA) is 105 Å². The molecule has 0 bridgehead atoms. The van der Waals surface area contributed by atoms with E-state index < -0.39 is 10.0 Å². The first kappa shape index (κ1) is 22.9. The fourth-order valence-corrected chi connectivity index (χ4v) is 4.82. The van der Waals surface area contributed by atoms with Crippen LogP contribution in [0.3, 0.4) is 0 Å². The third-order valence-electron chi connectivity index (χ3n) is 4.51. The second kappa shape index (κ2) is 10.5. The van der Waals surface area contributed by atoms with Crippen molar-refractivity contribution in [2.24, 2.45) is 5.73 Å². The highest BCUT2D eigenvalue weighted by atomic mass is 32.2. The standard InChI is InChI=1S/C13H13N3O3S2.C8H10FN.2H2/c17-12-2-1-8-16(12)10-3-5-11(6-4-10)21(18,19)15-13-14-7-9-20-13;9-8-3-1-2-7(6-8)4-5-10;;/h3-7,9H,1-2,8H2,(H,14,15);1-3,6H,4-5,10H2;2*1H. The van der Waals surface area contributed by atoms with E-state index in [9.17, 15) is 17.6 Å². The Morgan fingerprint density at radius 2 is 2.00 bits per heavy atom. The zero-order valence-electron chi connectivity index (χ0n) is 16.7. The molecule has 0 radical (unpaired) electrons. The van der Waals surface area contributed by atoms with Crippen LogP contribution in [0.5, 0.6) is 0 Å². The van der Waals surface area contributed by atoms with E-state index in [0.29, 0.717) is 24.6 Å². The number of carbonyl (C=O) groups excluding carboxylic acids is 1. The predicted octanol–water partition coefficient (Wildman–Crippen LogP) is 3.89. The molecular weight excluding hydrogens is 439 g/mol. The number of hydrogen-bond acceptors (Lipinski definition) is 6. The van der Waals surface area contributed by atoms with Gasteiger partial charge in [0.2, 0.25) is 5.91 Å². The Morgan fingerprint density at radius 3 is 2.58 bits per heavy atom. The van der Waals surface area contributed by atoms with Crippen molar-refractivity contribution in [3.05, 3.63) is 71.5 Å². The molecule has 31 heavy (non-hydrogen) atoms. The minimum atomic E-state index is -3.64. The van der Waals surface area contributed by atoms with Crippen LogP contribution in [0.1, 0.15) is 21.3 Å². The highest BCUT2D eigenvalue weighted by molar-refractivity contribution is 7.93. The van der Waals surface area contributed by atoms with Crippen LogP contribution in [0, 0.1) is 5.82 Å². The number of thiazole rings is 1. The highest BCUT2D eigenvalue weighted by Crippen LogP contribution is 2.24. The number of hydrogen-bond donors (Lipinski definition) is 2. The van der Waals surface area contributed by atoms with Crippen molar-refractivity contribution in [3.8, 4) is 0 Å². The van der Waals surface area contributed by atoms with Gasteiger partial charge < -0.3 is 10.6 Å². The fraction of sp³-hybridized carbons (Fsp3) is 0.238. The molecule has 0 saturated carbocycles. The van der Waals surface area contributed by atoms with Crippen LogP contribution in [-0.2, 0) is 21.2 Å². The lowest BCUT2D eigenvalue weighted by Gasteiger charge is -2.16. The zero-order chi connectivity index (χ0) is 22.3. The molecule has 1 aliphatic heterocycles. The van der Waals surface area contributed by atoms with E-state index in [4.69, 9.17) is 5.73 Å². The van der Waals surface area contributed by atoms with Gasteiger partial charge in [0.15, 0.2) is 5.13 Å². The van der Waals surface area contributed by atoms with Gasteiger partial charge >= 0.3 is 0 Å². The molecule has 4 rings (SSSR count). The van der Waals surface area contributed by atoms with Crippen molar-refractivity contribution in [1.82, 2.24) is 4.98 Å². The Morgan fingerprint density at radius 1 is 1.23 bits per heavy atom. The Kier molecular flexibility index (Phi) is 7.72. The summed E-state index contributed by atoms with van der Waals surface area (Å²) in [7, 11) is -3.64. The highest BCUT2D eigenvalue weighted by Gasteiger charge is 2.22. The van der Waals surface area contributed by atoms with E-state index in [1.807, 2.05) is 6.07 Å². The van der Waals surface area contributed by atoms with Crippen LogP contribution >= 0.6 is 11.3 Å². The average Bonchev–Trinajstić information content (AvgIpc) is 3.40. The largest absolute Gasteiger partial charge is 0.330 e. The van der Waals surface area contributed by atoms with Gasteiger partial charge in [-0.25, -0.2) is 17.8 Å². The maximum Gasteiger partial charge on any atom is 0.263 e. The molecule has 1 aromatic heterocycles. The summed E-state index contributed by atoms with van der Waals surface area (Å²) in [6, 6.07) is 12.8. The summed E-state index contributed by atoms with van der Waals surface area (Å²) >= 11 is 1.21.